The molecule has 3 N–H and O–H groups in total. The number of nitrogens with one attached hydrogen (secondary N) is 3. The second kappa shape index (κ2) is 10.7. The first-order chi connectivity index (χ1) is 20.6. The van der Waals surface area contributed by atoms with E-state index in [1.165, 1.54) is 31.4 Å². The van der Waals surface area contributed by atoms with Gasteiger partial charge in [0, 0.05) is 62.4 Å². The van der Waals surface area contributed by atoms with Gasteiger partial charge in [-0.05, 0) is 54.7 Å². The predicted molar refractivity (Wildman–Crippen MR) is 158 cm³/mol. The third kappa shape index (κ3) is 5.48. The molecular formula is C29H28N6O7S. The monoisotopic (exact) mass is 604 g/mol. The Morgan fingerprint density at radius 3 is 2.58 bits per heavy atom. The summed E-state index contributed by atoms with van der Waals surface area (Å²) in [6, 6.07) is 11.8. The van der Waals surface area contributed by atoms with Gasteiger partial charge in [-0.2, -0.15) is 0 Å². The average Bonchev–Trinajstić information content (AvgIpc) is 3.44. The fourth-order valence-corrected chi connectivity index (χ4v) is 6.72. The van der Waals surface area contributed by atoms with Crippen LogP contribution in [0.5, 0.6) is 11.5 Å². The number of nitro groups is 1. The zero-order chi connectivity index (χ0) is 30.4. The van der Waals surface area contributed by atoms with Gasteiger partial charge in [-0.25, -0.2) is 18.1 Å². The third-order valence-electron chi connectivity index (χ3n) is 8.12. The predicted octanol–water partition coefficient (Wildman–Crippen LogP) is 4.37. The summed E-state index contributed by atoms with van der Waals surface area (Å²) in [5.74, 6) is -0.222. The van der Waals surface area contributed by atoms with Crippen LogP contribution in [-0.4, -0.2) is 55.1 Å². The Morgan fingerprint density at radius 1 is 1.12 bits per heavy atom. The fraction of sp³-hybridized carbons (Fsp3) is 0.276. The third-order valence-corrected chi connectivity index (χ3v) is 9.45. The van der Waals surface area contributed by atoms with E-state index in [-0.39, 0.29) is 22.4 Å². The molecule has 1 amide bonds. The molecule has 2 fully saturated rings. The van der Waals surface area contributed by atoms with Gasteiger partial charge in [-0.1, -0.05) is 0 Å². The van der Waals surface area contributed by atoms with Gasteiger partial charge < -0.3 is 19.9 Å². The lowest BCUT2D eigenvalue weighted by atomic mass is 9.62. The van der Waals surface area contributed by atoms with Crippen molar-refractivity contribution in [3.63, 3.8) is 0 Å². The lowest BCUT2D eigenvalue weighted by Crippen LogP contribution is -2.47. The zero-order valence-corrected chi connectivity index (χ0v) is 23.9. The minimum Gasteiger partial charge on any atom is -0.455 e. The van der Waals surface area contributed by atoms with Crippen molar-refractivity contribution in [1.29, 1.82) is 0 Å². The Hall–Kier alpha value is -4.98. The molecule has 1 aliphatic heterocycles. The number of carbonyl (C=O) groups is 2. The molecule has 0 radical (unpaired) electrons. The van der Waals surface area contributed by atoms with Crippen molar-refractivity contribution in [3.8, 4) is 11.5 Å². The number of nitrogens with zero attached hydrogens (tertiary/aromatic N) is 3. The van der Waals surface area contributed by atoms with Gasteiger partial charge in [0.05, 0.1) is 21.6 Å². The van der Waals surface area contributed by atoms with Crippen LogP contribution in [0.15, 0.2) is 65.8 Å². The number of hydrogen-bond donors (Lipinski definition) is 3. The lowest BCUT2D eigenvalue weighted by Gasteiger charge is -2.47. The first-order valence-electron chi connectivity index (χ1n) is 13.6. The highest BCUT2D eigenvalue weighted by atomic mass is 32.2. The summed E-state index contributed by atoms with van der Waals surface area (Å²) in [6.45, 7) is 1.45. The maximum Gasteiger partial charge on any atom is 0.293 e. The summed E-state index contributed by atoms with van der Waals surface area (Å²) >= 11 is 0. The molecule has 14 heteroatoms. The number of ether oxygens (including phenoxy) is 1. The normalized spacial score (nSPS) is 16.1. The Bertz CT molecular complexity index is 1870. The number of nitro benzene ring substituents is 1. The van der Waals surface area contributed by atoms with Crippen LogP contribution in [0.1, 0.15) is 36.0 Å². The number of aromatic amines is 1. The Balaban J connectivity index is 1.30. The highest BCUT2D eigenvalue weighted by Crippen LogP contribution is 2.47. The molecule has 1 saturated carbocycles. The number of aromatic nitrogens is 2. The fourth-order valence-electron chi connectivity index (χ4n) is 5.74. The van der Waals surface area contributed by atoms with Crippen LogP contribution in [0.4, 0.5) is 17.1 Å². The van der Waals surface area contributed by atoms with Gasteiger partial charge in [-0.3, -0.25) is 19.7 Å². The Labute approximate surface area is 246 Å². The van der Waals surface area contributed by atoms with Crippen LogP contribution in [0.25, 0.3) is 11.0 Å². The number of anilines is 2. The molecule has 3 heterocycles. The number of carbonyl (C=O) groups excluding carboxylic acids is 2. The minimum absolute atomic E-state index is 0.0547. The Morgan fingerprint density at radius 2 is 1.88 bits per heavy atom. The molecule has 6 rings (SSSR count). The molecule has 1 spiro atoms. The van der Waals surface area contributed by atoms with E-state index in [4.69, 9.17) is 4.74 Å². The molecule has 0 bridgehead atoms. The summed E-state index contributed by atoms with van der Waals surface area (Å²) in [4.78, 5) is 44.8. The van der Waals surface area contributed by atoms with Crippen LogP contribution in [0.2, 0.25) is 0 Å². The second-order valence-corrected chi connectivity index (χ2v) is 12.6. The molecule has 1 saturated heterocycles. The first-order valence-corrected chi connectivity index (χ1v) is 15.1. The smallest absolute Gasteiger partial charge is 0.293 e. The quantitative estimate of drug-likeness (QED) is 0.193. The van der Waals surface area contributed by atoms with Crippen LogP contribution >= 0.6 is 0 Å². The zero-order valence-electron chi connectivity index (χ0n) is 23.1. The topological polar surface area (TPSA) is 177 Å². The van der Waals surface area contributed by atoms with Crippen molar-refractivity contribution in [1.82, 2.24) is 14.7 Å². The van der Waals surface area contributed by atoms with Crippen molar-refractivity contribution >= 4 is 49.8 Å². The Kier molecular flexibility index (Phi) is 7.00. The maximum atomic E-state index is 13.4. The molecule has 2 aromatic carbocycles. The number of ketones is 1. The number of fused-ring (bicyclic) bond motifs is 1. The highest BCUT2D eigenvalue weighted by Gasteiger charge is 2.45. The van der Waals surface area contributed by atoms with Crippen molar-refractivity contribution in [2.45, 2.75) is 30.6 Å². The van der Waals surface area contributed by atoms with Crippen LogP contribution < -0.4 is 19.7 Å². The number of piperidine rings is 1. The second-order valence-electron chi connectivity index (χ2n) is 10.9. The summed E-state index contributed by atoms with van der Waals surface area (Å²) in [5, 5.41) is 14.9. The molecular weight excluding hydrogens is 576 g/mol. The first kappa shape index (κ1) is 28.2. The highest BCUT2D eigenvalue weighted by molar-refractivity contribution is 7.90. The number of benzene rings is 2. The molecule has 13 nitrogen and oxygen atoms in total. The van der Waals surface area contributed by atoms with Gasteiger partial charge in [0.2, 0.25) is 0 Å². The van der Waals surface area contributed by atoms with E-state index in [1.54, 1.807) is 24.4 Å². The van der Waals surface area contributed by atoms with E-state index < -0.39 is 31.4 Å². The van der Waals surface area contributed by atoms with E-state index in [1.807, 2.05) is 10.8 Å². The maximum absolute atomic E-state index is 13.4. The largest absolute Gasteiger partial charge is 0.455 e. The summed E-state index contributed by atoms with van der Waals surface area (Å²) in [7, 11) is -3.01. The minimum atomic E-state index is -4.49. The van der Waals surface area contributed by atoms with E-state index in [2.05, 4.69) is 20.2 Å². The van der Waals surface area contributed by atoms with Gasteiger partial charge >= 0.3 is 0 Å². The summed E-state index contributed by atoms with van der Waals surface area (Å²) < 4.78 is 34.4. The average molecular weight is 605 g/mol. The van der Waals surface area contributed by atoms with E-state index in [0.29, 0.717) is 30.0 Å². The van der Waals surface area contributed by atoms with Crippen molar-refractivity contribution in [2.24, 2.45) is 5.41 Å². The number of pyridine rings is 1. The molecule has 0 atom stereocenters. The standard InChI is InChI=1S/C29H28N6O7S/c1-30-24-5-3-22(14-25(24)35(38)39)43(40,41)33-28(37)23-4-2-19(34-10-7-29(8-11-34)15-20(36)16-29)13-26(23)42-21-12-18-6-9-31-27(18)32-17-21/h2-6,9,12-14,17,30H,7-8,10-11,15-16H2,1H3,(H,31,32)(H,33,37). The van der Waals surface area contributed by atoms with Crippen molar-refractivity contribution in [3.05, 3.63) is 76.6 Å². The van der Waals surface area contributed by atoms with Gasteiger partial charge in [-0.15, -0.1) is 0 Å². The molecule has 2 aromatic heterocycles. The molecule has 2 aliphatic rings. The van der Waals surface area contributed by atoms with Gasteiger partial charge in [0.1, 0.15) is 28.6 Å². The number of Topliss-reactive ketones (excluding diaryl/α,β-unsaturated/α-hetero) is 1. The van der Waals surface area contributed by atoms with Gasteiger partial charge in [0.25, 0.3) is 21.6 Å². The number of hydrogen-bond acceptors (Lipinski definition) is 10. The molecule has 4 aromatic rings. The SMILES string of the molecule is CNc1ccc(S(=O)(=O)NC(=O)c2ccc(N3CCC4(CC3)CC(=O)C4)cc2Oc2cnc3[nH]ccc3c2)cc1[N+](=O)[O-]. The molecule has 43 heavy (non-hydrogen) atoms. The van der Waals surface area contributed by atoms with Crippen LogP contribution in [0, 0.1) is 15.5 Å². The lowest BCUT2D eigenvalue weighted by molar-refractivity contribution is -0.384. The van der Waals surface area contributed by atoms with Crippen molar-refractivity contribution < 1.29 is 27.7 Å². The molecule has 222 valence electrons. The number of rotatable bonds is 8. The molecule has 0 unspecified atom stereocenters. The number of H-pyrrole nitrogens is 1. The molecule has 1 aliphatic carbocycles. The van der Waals surface area contributed by atoms with Crippen LogP contribution in [-0.2, 0) is 14.8 Å². The van der Waals surface area contributed by atoms with Crippen LogP contribution in [0.3, 0.4) is 0 Å². The van der Waals surface area contributed by atoms with Gasteiger partial charge in [0.15, 0.2) is 0 Å². The summed E-state index contributed by atoms with van der Waals surface area (Å²) in [6.07, 6.45) is 6.23. The number of sulfonamides is 1. The summed E-state index contributed by atoms with van der Waals surface area (Å²) in [5.41, 5.74) is 1.14. The van der Waals surface area contributed by atoms with Crippen molar-refractivity contribution in [2.75, 3.05) is 30.4 Å². The number of amides is 1. The van der Waals surface area contributed by atoms with E-state index >= 15 is 0 Å². The van der Waals surface area contributed by atoms with E-state index in [9.17, 15) is 28.1 Å². The van der Waals surface area contributed by atoms with E-state index in [0.717, 1.165) is 43.1 Å².